The fraction of sp³-hybridized carbons (Fsp3) is 0.231. The van der Waals surface area contributed by atoms with Gasteiger partial charge >= 0.3 is 0 Å². The third kappa shape index (κ3) is 2.94. The Morgan fingerprint density at radius 1 is 1.28 bits per heavy atom. The van der Waals surface area contributed by atoms with Gasteiger partial charge < -0.3 is 10.1 Å². The van der Waals surface area contributed by atoms with E-state index in [1.807, 2.05) is 0 Å². The van der Waals surface area contributed by atoms with Crippen molar-refractivity contribution in [1.82, 2.24) is 9.97 Å². The smallest absolute Gasteiger partial charge is 0.144 e. The monoisotopic (exact) mass is 247 g/mol. The van der Waals surface area contributed by atoms with Crippen molar-refractivity contribution in [3.8, 4) is 5.75 Å². The van der Waals surface area contributed by atoms with Gasteiger partial charge in [0.05, 0.1) is 18.1 Å². The molecular weight excluding hydrogens is 233 g/mol. The quantitative estimate of drug-likeness (QED) is 0.902. The molecule has 2 rings (SSSR count). The highest BCUT2D eigenvalue weighted by Gasteiger charge is 2.02. The number of anilines is 1. The predicted molar refractivity (Wildman–Crippen MR) is 67.0 cm³/mol. The molecule has 0 bridgehead atoms. The highest BCUT2D eigenvalue weighted by Crippen LogP contribution is 2.16. The number of nitrogens with zero attached hydrogens (tertiary/aromatic N) is 2. The van der Waals surface area contributed by atoms with Crippen molar-refractivity contribution in [2.24, 2.45) is 0 Å². The van der Waals surface area contributed by atoms with Gasteiger partial charge in [0.15, 0.2) is 0 Å². The molecule has 4 nitrogen and oxygen atoms in total. The van der Waals surface area contributed by atoms with Gasteiger partial charge in [-0.2, -0.15) is 0 Å². The van der Waals surface area contributed by atoms with Crippen LogP contribution < -0.4 is 10.1 Å². The van der Waals surface area contributed by atoms with Crippen LogP contribution in [0.1, 0.15) is 11.3 Å². The predicted octanol–water partition coefficient (Wildman–Crippen LogP) is 2.54. The highest BCUT2D eigenvalue weighted by molar-refractivity contribution is 5.30. The maximum Gasteiger partial charge on any atom is 0.144 e. The molecule has 0 radical (unpaired) electrons. The first-order valence-electron chi connectivity index (χ1n) is 5.56. The van der Waals surface area contributed by atoms with Crippen LogP contribution in [0.2, 0.25) is 0 Å². The molecule has 0 unspecified atom stereocenters. The largest absolute Gasteiger partial charge is 0.487 e. The summed E-state index contributed by atoms with van der Waals surface area (Å²) in [5.41, 5.74) is 1.29. The van der Waals surface area contributed by atoms with Crippen LogP contribution >= 0.6 is 0 Å². The van der Waals surface area contributed by atoms with Gasteiger partial charge in [-0.3, -0.25) is 4.98 Å². The summed E-state index contributed by atoms with van der Waals surface area (Å²) in [5.74, 6) is 0.904. The van der Waals surface area contributed by atoms with Gasteiger partial charge in [0.2, 0.25) is 0 Å². The molecule has 94 valence electrons. The van der Waals surface area contributed by atoms with Crippen molar-refractivity contribution < 1.29 is 9.13 Å². The van der Waals surface area contributed by atoms with Crippen LogP contribution in [0.25, 0.3) is 0 Å². The van der Waals surface area contributed by atoms with Crippen molar-refractivity contribution >= 4 is 5.82 Å². The van der Waals surface area contributed by atoms with Crippen molar-refractivity contribution in [3.63, 3.8) is 0 Å². The van der Waals surface area contributed by atoms with E-state index in [1.165, 1.54) is 6.07 Å². The van der Waals surface area contributed by atoms with Gasteiger partial charge in [0.25, 0.3) is 0 Å². The SMILES string of the molecule is CNc1cnc(COc2ccc(C)c(F)c2)cn1. The van der Waals surface area contributed by atoms with E-state index in [9.17, 15) is 4.39 Å². The molecule has 0 aliphatic carbocycles. The number of hydrogen-bond donors (Lipinski definition) is 1. The molecule has 0 aliphatic rings. The van der Waals surface area contributed by atoms with Gasteiger partial charge in [0.1, 0.15) is 24.0 Å². The molecule has 0 aliphatic heterocycles. The number of halogens is 1. The highest BCUT2D eigenvalue weighted by atomic mass is 19.1. The van der Waals surface area contributed by atoms with Crippen molar-refractivity contribution in [2.45, 2.75) is 13.5 Å². The lowest BCUT2D eigenvalue weighted by Gasteiger charge is -2.07. The summed E-state index contributed by atoms with van der Waals surface area (Å²) in [7, 11) is 1.77. The molecule has 0 spiro atoms. The molecule has 1 N–H and O–H groups in total. The van der Waals surface area contributed by atoms with Crippen LogP contribution in [0.3, 0.4) is 0 Å². The maximum atomic E-state index is 13.3. The van der Waals surface area contributed by atoms with E-state index in [0.29, 0.717) is 22.8 Å². The average molecular weight is 247 g/mol. The van der Waals surface area contributed by atoms with Crippen LogP contribution in [0.15, 0.2) is 30.6 Å². The number of nitrogens with one attached hydrogen (secondary N) is 1. The molecule has 1 heterocycles. The van der Waals surface area contributed by atoms with E-state index in [4.69, 9.17) is 4.74 Å². The number of aromatic nitrogens is 2. The maximum absolute atomic E-state index is 13.3. The van der Waals surface area contributed by atoms with Crippen LogP contribution in [0.4, 0.5) is 10.2 Å². The Kier molecular flexibility index (Phi) is 3.72. The molecule has 0 amide bonds. The topological polar surface area (TPSA) is 47.0 Å². The molecule has 2 aromatic rings. The standard InChI is InChI=1S/C13H14FN3O/c1-9-3-4-11(5-12(9)14)18-8-10-6-17-13(15-2)7-16-10/h3-7H,8H2,1-2H3,(H,15,17). The summed E-state index contributed by atoms with van der Waals surface area (Å²) in [5, 5.41) is 2.88. The summed E-state index contributed by atoms with van der Waals surface area (Å²) < 4.78 is 18.7. The van der Waals surface area contributed by atoms with E-state index in [-0.39, 0.29) is 12.4 Å². The first-order valence-corrected chi connectivity index (χ1v) is 5.56. The van der Waals surface area contributed by atoms with Crippen LogP contribution in [-0.4, -0.2) is 17.0 Å². The zero-order valence-corrected chi connectivity index (χ0v) is 10.3. The Morgan fingerprint density at radius 3 is 2.72 bits per heavy atom. The Hall–Kier alpha value is -2.17. The first kappa shape index (κ1) is 12.3. The molecule has 0 fully saturated rings. The van der Waals surface area contributed by atoms with Gasteiger partial charge in [-0.05, 0) is 18.6 Å². The molecule has 0 atom stereocenters. The lowest BCUT2D eigenvalue weighted by molar-refractivity contribution is 0.299. The summed E-state index contributed by atoms with van der Waals surface area (Å²) in [6.07, 6.45) is 3.24. The summed E-state index contributed by atoms with van der Waals surface area (Å²) in [6.45, 7) is 1.97. The molecule has 1 aromatic heterocycles. The van der Waals surface area contributed by atoms with Crippen LogP contribution in [0.5, 0.6) is 5.75 Å². The van der Waals surface area contributed by atoms with Crippen molar-refractivity contribution in [3.05, 3.63) is 47.7 Å². The number of benzene rings is 1. The summed E-state index contributed by atoms with van der Waals surface area (Å²) in [6, 6.07) is 4.78. The Balaban J connectivity index is 1.99. The van der Waals surface area contributed by atoms with Crippen molar-refractivity contribution in [2.75, 3.05) is 12.4 Å². The minimum absolute atomic E-state index is 0.263. The lowest BCUT2D eigenvalue weighted by Crippen LogP contribution is -2.01. The van der Waals surface area contributed by atoms with Gasteiger partial charge in [-0.1, -0.05) is 6.07 Å². The van der Waals surface area contributed by atoms with Crippen molar-refractivity contribution in [1.29, 1.82) is 0 Å². The summed E-state index contributed by atoms with van der Waals surface area (Å²) >= 11 is 0. The Labute approximate surface area is 105 Å². The Bertz CT molecular complexity index is 528. The number of aryl methyl sites for hydroxylation is 1. The summed E-state index contributed by atoms with van der Waals surface area (Å²) in [4.78, 5) is 8.27. The Morgan fingerprint density at radius 2 is 2.11 bits per heavy atom. The second-order valence-corrected chi connectivity index (χ2v) is 3.84. The molecular formula is C13H14FN3O. The van der Waals surface area contributed by atoms with E-state index < -0.39 is 0 Å². The molecule has 5 heteroatoms. The van der Waals surface area contributed by atoms with Gasteiger partial charge in [0, 0.05) is 13.1 Å². The van der Waals surface area contributed by atoms with E-state index in [0.717, 1.165) is 0 Å². The molecule has 0 saturated carbocycles. The molecule has 18 heavy (non-hydrogen) atoms. The van der Waals surface area contributed by atoms with E-state index in [1.54, 1.807) is 38.5 Å². The minimum atomic E-state index is -0.274. The third-order valence-corrected chi connectivity index (χ3v) is 2.49. The van der Waals surface area contributed by atoms with Gasteiger partial charge in [-0.15, -0.1) is 0 Å². The second kappa shape index (κ2) is 5.44. The molecule has 1 aromatic carbocycles. The van der Waals surface area contributed by atoms with E-state index in [2.05, 4.69) is 15.3 Å². The fourth-order valence-electron chi connectivity index (χ4n) is 1.38. The average Bonchev–Trinajstić information content (AvgIpc) is 2.41. The number of rotatable bonds is 4. The second-order valence-electron chi connectivity index (χ2n) is 3.84. The zero-order chi connectivity index (χ0) is 13.0. The normalized spacial score (nSPS) is 10.2. The third-order valence-electron chi connectivity index (χ3n) is 2.49. The van der Waals surface area contributed by atoms with Crippen LogP contribution in [-0.2, 0) is 6.61 Å². The number of ether oxygens (including phenoxy) is 1. The van der Waals surface area contributed by atoms with Gasteiger partial charge in [-0.25, -0.2) is 9.37 Å². The van der Waals surface area contributed by atoms with E-state index >= 15 is 0 Å². The molecule has 0 saturated heterocycles. The fourth-order valence-corrected chi connectivity index (χ4v) is 1.38. The zero-order valence-electron chi connectivity index (χ0n) is 10.3. The number of hydrogen-bond acceptors (Lipinski definition) is 4. The lowest BCUT2D eigenvalue weighted by atomic mass is 10.2. The first-order chi connectivity index (χ1) is 8.69. The van der Waals surface area contributed by atoms with Crippen LogP contribution in [0, 0.1) is 12.7 Å². The minimum Gasteiger partial charge on any atom is -0.487 e.